The zero-order valence-corrected chi connectivity index (χ0v) is 18.9. The minimum absolute atomic E-state index is 0.0718. The molecule has 1 saturated carbocycles. The molecule has 3 rings (SSSR count). The summed E-state index contributed by atoms with van der Waals surface area (Å²) in [5, 5.41) is 0. The van der Waals surface area contributed by atoms with Crippen LogP contribution in [0.4, 0.5) is 0 Å². The first kappa shape index (κ1) is 22.6. The molecule has 0 radical (unpaired) electrons. The second-order valence-electron chi connectivity index (χ2n) is 9.57. The van der Waals surface area contributed by atoms with Crippen molar-refractivity contribution in [1.82, 2.24) is 0 Å². The van der Waals surface area contributed by atoms with Gasteiger partial charge in [-0.05, 0) is 79.7 Å². The molecule has 0 bridgehead atoms. The average Bonchev–Trinajstić information content (AvgIpc) is 3.25. The number of esters is 2. The Bertz CT molecular complexity index is 765. The van der Waals surface area contributed by atoms with Crippen LogP contribution < -0.4 is 0 Å². The summed E-state index contributed by atoms with van der Waals surface area (Å²) < 4.78 is 15.6. The summed E-state index contributed by atoms with van der Waals surface area (Å²) in [6, 6.07) is 2.04. The third-order valence-electron chi connectivity index (χ3n) is 8.06. The van der Waals surface area contributed by atoms with Gasteiger partial charge in [-0.15, -0.1) is 0 Å². The predicted octanol–water partition coefficient (Wildman–Crippen LogP) is 5.49. The normalized spacial score (nSPS) is 30.9. The van der Waals surface area contributed by atoms with Crippen LogP contribution in [0.5, 0.6) is 0 Å². The lowest BCUT2D eigenvalue weighted by atomic mass is 9.46. The summed E-state index contributed by atoms with van der Waals surface area (Å²) in [5.41, 5.74) is 3.03. The summed E-state index contributed by atoms with van der Waals surface area (Å²) in [4.78, 5) is 23.5. The molecule has 5 nitrogen and oxygen atoms in total. The summed E-state index contributed by atoms with van der Waals surface area (Å²) in [5.74, 6) is 0.185. The van der Waals surface area contributed by atoms with Crippen LogP contribution in [0.3, 0.4) is 0 Å². The molecule has 1 aromatic rings. The first-order chi connectivity index (χ1) is 14.3. The van der Waals surface area contributed by atoms with E-state index in [2.05, 4.69) is 31.6 Å². The molecule has 1 fully saturated rings. The highest BCUT2D eigenvalue weighted by Crippen LogP contribution is 2.61. The topological polar surface area (TPSA) is 65.7 Å². The molecule has 2 aliphatic rings. The number of hydrogen-bond donors (Lipinski definition) is 0. The molecule has 5 heteroatoms. The Kier molecular flexibility index (Phi) is 7.10. The second-order valence-corrected chi connectivity index (χ2v) is 9.57. The number of rotatable bonds is 8. The van der Waals surface area contributed by atoms with Gasteiger partial charge in [-0.2, -0.15) is 0 Å². The van der Waals surface area contributed by atoms with Crippen LogP contribution in [-0.4, -0.2) is 25.7 Å². The smallest absolute Gasteiger partial charge is 0.306 e. The maximum atomic E-state index is 12.2. The third kappa shape index (κ3) is 4.65. The van der Waals surface area contributed by atoms with Gasteiger partial charge < -0.3 is 13.9 Å². The average molecular weight is 417 g/mol. The number of aryl methyl sites for hydroxylation is 1. The van der Waals surface area contributed by atoms with Crippen molar-refractivity contribution in [1.29, 1.82) is 0 Å². The molecule has 0 saturated heterocycles. The molecule has 0 aromatic carbocycles. The second kappa shape index (κ2) is 9.40. The highest BCUT2D eigenvalue weighted by Gasteiger charge is 2.54. The van der Waals surface area contributed by atoms with Gasteiger partial charge in [0.2, 0.25) is 0 Å². The van der Waals surface area contributed by atoms with E-state index in [0.29, 0.717) is 18.4 Å². The van der Waals surface area contributed by atoms with E-state index in [1.807, 2.05) is 12.3 Å². The lowest BCUT2D eigenvalue weighted by Gasteiger charge is -2.58. The monoisotopic (exact) mass is 416 g/mol. The number of fused-ring (bicyclic) bond motifs is 1. The summed E-state index contributed by atoms with van der Waals surface area (Å²) in [6.07, 6.45) is 12.6. The van der Waals surface area contributed by atoms with Gasteiger partial charge in [-0.25, -0.2) is 0 Å². The van der Waals surface area contributed by atoms with Crippen molar-refractivity contribution < 1.29 is 23.5 Å². The SMILES string of the molecule is COC(=O)CCC(=O)OCC1CCC2(C)C(C)=CCCC2C1(C)CCc1ccoc1. The fourth-order valence-electron chi connectivity index (χ4n) is 5.88. The zero-order chi connectivity index (χ0) is 21.8. The molecule has 166 valence electrons. The molecule has 2 aliphatic carbocycles. The first-order valence-electron chi connectivity index (χ1n) is 11.2. The molecule has 0 spiro atoms. The van der Waals surface area contributed by atoms with Crippen LogP contribution in [0.15, 0.2) is 34.7 Å². The Balaban J connectivity index is 1.73. The summed E-state index contributed by atoms with van der Waals surface area (Å²) in [7, 11) is 1.33. The Morgan fingerprint density at radius 3 is 2.67 bits per heavy atom. The Labute approximate surface area is 180 Å². The highest BCUT2D eigenvalue weighted by atomic mass is 16.5. The number of methoxy groups -OCH3 is 1. The predicted molar refractivity (Wildman–Crippen MR) is 115 cm³/mol. The van der Waals surface area contributed by atoms with E-state index >= 15 is 0 Å². The number of hydrogen-bond acceptors (Lipinski definition) is 5. The van der Waals surface area contributed by atoms with Crippen molar-refractivity contribution in [3.8, 4) is 0 Å². The van der Waals surface area contributed by atoms with Gasteiger partial charge in [0.1, 0.15) is 0 Å². The molecular weight excluding hydrogens is 380 g/mol. The summed E-state index contributed by atoms with van der Waals surface area (Å²) >= 11 is 0. The molecule has 30 heavy (non-hydrogen) atoms. The zero-order valence-electron chi connectivity index (χ0n) is 18.9. The highest BCUT2D eigenvalue weighted by molar-refractivity contribution is 5.77. The van der Waals surface area contributed by atoms with E-state index in [1.165, 1.54) is 24.7 Å². The standard InChI is InChI=1S/C25H36O5/c1-18-6-5-7-21-24(18,2)14-11-20(17-30-23(27)9-8-22(26)28-4)25(21,3)13-10-19-12-15-29-16-19/h6,12,15-16,20-21H,5,7-11,13-14,17H2,1-4H3. The maximum absolute atomic E-state index is 12.2. The minimum Gasteiger partial charge on any atom is -0.472 e. The molecule has 4 atom stereocenters. The summed E-state index contributed by atoms with van der Waals surface area (Å²) in [6.45, 7) is 7.55. The van der Waals surface area contributed by atoms with Crippen molar-refractivity contribution >= 4 is 11.9 Å². The molecule has 1 aromatic heterocycles. The maximum Gasteiger partial charge on any atom is 0.306 e. The lowest BCUT2D eigenvalue weighted by molar-refractivity contribution is -0.154. The van der Waals surface area contributed by atoms with Crippen molar-refractivity contribution in [2.24, 2.45) is 22.7 Å². The van der Waals surface area contributed by atoms with Gasteiger partial charge >= 0.3 is 11.9 Å². The third-order valence-corrected chi connectivity index (χ3v) is 8.06. The Hall–Kier alpha value is -2.04. The molecule has 4 unspecified atom stereocenters. The van der Waals surface area contributed by atoms with Crippen LogP contribution in [0.2, 0.25) is 0 Å². The quantitative estimate of drug-likeness (QED) is 0.414. The Morgan fingerprint density at radius 2 is 1.97 bits per heavy atom. The van der Waals surface area contributed by atoms with E-state index in [9.17, 15) is 9.59 Å². The van der Waals surface area contributed by atoms with Crippen molar-refractivity contribution in [2.45, 2.75) is 72.1 Å². The van der Waals surface area contributed by atoms with Gasteiger partial charge in [0.05, 0.1) is 39.1 Å². The van der Waals surface area contributed by atoms with Gasteiger partial charge in [-0.1, -0.05) is 25.5 Å². The molecule has 0 aliphatic heterocycles. The van der Waals surface area contributed by atoms with E-state index in [1.54, 1.807) is 6.26 Å². The van der Waals surface area contributed by atoms with Crippen molar-refractivity contribution in [3.05, 3.63) is 35.8 Å². The van der Waals surface area contributed by atoms with E-state index in [0.717, 1.165) is 32.1 Å². The van der Waals surface area contributed by atoms with E-state index < -0.39 is 0 Å². The molecule has 1 heterocycles. The van der Waals surface area contributed by atoms with Crippen LogP contribution in [0.25, 0.3) is 0 Å². The van der Waals surface area contributed by atoms with Gasteiger partial charge in [0, 0.05) is 0 Å². The molecule has 0 N–H and O–H groups in total. The number of allylic oxidation sites excluding steroid dienone is 2. The number of carbonyl (C=O) groups excluding carboxylic acids is 2. The van der Waals surface area contributed by atoms with Gasteiger partial charge in [0.25, 0.3) is 0 Å². The van der Waals surface area contributed by atoms with Crippen molar-refractivity contribution in [2.75, 3.05) is 13.7 Å². The fraction of sp³-hybridized carbons (Fsp3) is 0.680. The van der Waals surface area contributed by atoms with Gasteiger partial charge in [0.15, 0.2) is 0 Å². The number of ether oxygens (including phenoxy) is 2. The number of carbonyl (C=O) groups is 2. The largest absolute Gasteiger partial charge is 0.472 e. The van der Waals surface area contributed by atoms with E-state index in [4.69, 9.17) is 9.15 Å². The van der Waals surface area contributed by atoms with Crippen LogP contribution in [-0.2, 0) is 25.5 Å². The Morgan fingerprint density at radius 1 is 1.20 bits per heavy atom. The van der Waals surface area contributed by atoms with Crippen LogP contribution in [0.1, 0.15) is 71.3 Å². The van der Waals surface area contributed by atoms with Crippen LogP contribution >= 0.6 is 0 Å². The lowest BCUT2D eigenvalue weighted by Crippen LogP contribution is -2.51. The number of furan rings is 1. The molecule has 0 amide bonds. The minimum atomic E-state index is -0.380. The van der Waals surface area contributed by atoms with Gasteiger partial charge in [-0.3, -0.25) is 9.59 Å². The molecular formula is C25H36O5. The first-order valence-corrected chi connectivity index (χ1v) is 11.2. The van der Waals surface area contributed by atoms with E-state index in [-0.39, 0.29) is 35.6 Å². The van der Waals surface area contributed by atoms with Crippen LogP contribution in [0, 0.1) is 22.7 Å². The van der Waals surface area contributed by atoms with Crippen molar-refractivity contribution in [3.63, 3.8) is 0 Å². The fourth-order valence-corrected chi connectivity index (χ4v) is 5.88.